The molecule has 0 aliphatic heterocycles. The molecule has 2 aromatic heterocycles. The van der Waals surface area contributed by atoms with Gasteiger partial charge in [-0.05, 0) is 42.5 Å². The summed E-state index contributed by atoms with van der Waals surface area (Å²) in [6, 6.07) is 14.8. The fourth-order valence-corrected chi connectivity index (χ4v) is 3.84. The number of methoxy groups -OCH3 is 1. The van der Waals surface area contributed by atoms with E-state index in [0.717, 1.165) is 23.9 Å². The Kier molecular flexibility index (Phi) is 6.04. The Bertz CT molecular complexity index is 1240. The lowest BCUT2D eigenvalue weighted by Gasteiger charge is -2.12. The molecule has 0 radical (unpaired) electrons. The number of ketones is 1. The maximum atomic E-state index is 13.3. The second kappa shape index (κ2) is 8.91. The summed E-state index contributed by atoms with van der Waals surface area (Å²) in [5.41, 5.74) is -0.154. The first-order valence-corrected chi connectivity index (χ1v) is 10.3. The van der Waals surface area contributed by atoms with Gasteiger partial charge in [0.2, 0.25) is 5.82 Å². The number of ether oxygens (including phenoxy) is 1. The highest BCUT2D eigenvalue weighted by molar-refractivity contribution is 7.99. The van der Waals surface area contributed by atoms with Gasteiger partial charge in [-0.25, -0.2) is 0 Å². The monoisotopic (exact) mass is 459 g/mol. The summed E-state index contributed by atoms with van der Waals surface area (Å²) in [4.78, 5) is 12.7. The Hall–Kier alpha value is -3.53. The molecule has 2 heterocycles. The van der Waals surface area contributed by atoms with E-state index in [1.54, 1.807) is 36.4 Å². The smallest absolute Gasteiger partial charge is 0.416 e. The summed E-state index contributed by atoms with van der Waals surface area (Å²) >= 11 is 1.07. The zero-order chi connectivity index (χ0) is 22.7. The number of hydrogen-bond donors (Lipinski definition) is 0. The van der Waals surface area contributed by atoms with E-state index in [4.69, 9.17) is 9.15 Å². The van der Waals surface area contributed by atoms with Crippen molar-refractivity contribution in [3.63, 3.8) is 0 Å². The van der Waals surface area contributed by atoms with E-state index >= 15 is 0 Å². The maximum absolute atomic E-state index is 13.3. The molecule has 0 fully saturated rings. The summed E-state index contributed by atoms with van der Waals surface area (Å²) in [6.07, 6.45) is -3.08. The number of alkyl halides is 3. The summed E-state index contributed by atoms with van der Waals surface area (Å²) in [5, 5.41) is 8.44. The van der Waals surface area contributed by atoms with E-state index in [1.807, 2.05) is 0 Å². The van der Waals surface area contributed by atoms with E-state index in [0.29, 0.717) is 17.1 Å². The van der Waals surface area contributed by atoms with Gasteiger partial charge in [-0.3, -0.25) is 9.36 Å². The first-order valence-electron chi connectivity index (χ1n) is 9.34. The molecule has 0 amide bonds. The second-order valence-corrected chi connectivity index (χ2v) is 7.55. The van der Waals surface area contributed by atoms with Crippen molar-refractivity contribution in [1.29, 1.82) is 0 Å². The van der Waals surface area contributed by atoms with Crippen LogP contribution in [0.25, 0.3) is 17.3 Å². The van der Waals surface area contributed by atoms with Crippen LogP contribution < -0.4 is 4.74 Å². The number of carbonyl (C=O) groups excluding carboxylic acids is 1. The van der Waals surface area contributed by atoms with Gasteiger partial charge in [-0.15, -0.1) is 10.2 Å². The number of aromatic nitrogens is 3. The fraction of sp³-hybridized carbons (Fsp3) is 0.136. The summed E-state index contributed by atoms with van der Waals surface area (Å²) < 4.78 is 51.8. The number of nitrogens with zero attached hydrogens (tertiary/aromatic N) is 3. The van der Waals surface area contributed by atoms with Gasteiger partial charge in [-0.2, -0.15) is 13.2 Å². The molecule has 0 unspecified atom stereocenters. The summed E-state index contributed by atoms with van der Waals surface area (Å²) in [5.74, 6) is 0.925. The highest BCUT2D eigenvalue weighted by Crippen LogP contribution is 2.33. The topological polar surface area (TPSA) is 70.2 Å². The first kappa shape index (κ1) is 21.7. The number of benzene rings is 2. The standard InChI is InChI=1S/C22H16F3N3O3S/c1-30-17-8-2-5-14(11-17)18(29)13-32-21-27-26-20(19-9-4-10-31-19)28(21)16-7-3-6-15(12-16)22(23,24)25/h2-12H,13H2,1H3. The average molecular weight is 459 g/mol. The van der Waals surface area contributed by atoms with Crippen LogP contribution in [-0.2, 0) is 6.18 Å². The van der Waals surface area contributed by atoms with Crippen LogP contribution in [0.5, 0.6) is 5.75 Å². The van der Waals surface area contributed by atoms with Gasteiger partial charge >= 0.3 is 6.18 Å². The quantitative estimate of drug-likeness (QED) is 0.267. The van der Waals surface area contributed by atoms with E-state index in [9.17, 15) is 18.0 Å². The molecule has 4 aromatic rings. The van der Waals surface area contributed by atoms with Crippen molar-refractivity contribution in [3.05, 3.63) is 78.1 Å². The third-order valence-electron chi connectivity index (χ3n) is 4.53. The SMILES string of the molecule is COc1cccc(C(=O)CSc2nnc(-c3ccco3)n2-c2cccc(C(F)(F)F)c2)c1. The summed E-state index contributed by atoms with van der Waals surface area (Å²) in [6.45, 7) is 0. The van der Waals surface area contributed by atoms with Gasteiger partial charge in [0, 0.05) is 5.56 Å². The molecular formula is C22H16F3N3O3S. The Morgan fingerprint density at radius 2 is 1.91 bits per heavy atom. The minimum Gasteiger partial charge on any atom is -0.497 e. The van der Waals surface area contributed by atoms with Crippen LogP contribution in [0, 0.1) is 0 Å². The average Bonchev–Trinajstić information content (AvgIpc) is 3.46. The van der Waals surface area contributed by atoms with E-state index in [1.165, 1.54) is 30.1 Å². The van der Waals surface area contributed by atoms with Crippen LogP contribution in [0.2, 0.25) is 0 Å². The molecule has 0 aliphatic rings. The lowest BCUT2D eigenvalue weighted by molar-refractivity contribution is -0.137. The molecule has 0 saturated heterocycles. The highest BCUT2D eigenvalue weighted by Gasteiger charge is 2.31. The van der Waals surface area contributed by atoms with Crippen LogP contribution in [0.1, 0.15) is 15.9 Å². The predicted octanol–water partition coefficient (Wildman–Crippen LogP) is 5.53. The lowest BCUT2D eigenvalue weighted by atomic mass is 10.1. The van der Waals surface area contributed by atoms with Crippen molar-refractivity contribution in [3.8, 4) is 23.0 Å². The molecule has 0 N–H and O–H groups in total. The van der Waals surface area contributed by atoms with Crippen molar-refractivity contribution in [1.82, 2.24) is 14.8 Å². The van der Waals surface area contributed by atoms with Crippen LogP contribution in [0.3, 0.4) is 0 Å². The van der Waals surface area contributed by atoms with Gasteiger partial charge in [-0.1, -0.05) is 30.0 Å². The molecule has 6 nitrogen and oxygen atoms in total. The number of rotatable bonds is 7. The second-order valence-electron chi connectivity index (χ2n) is 6.61. The third-order valence-corrected chi connectivity index (χ3v) is 5.46. The predicted molar refractivity (Wildman–Crippen MR) is 112 cm³/mol. The van der Waals surface area contributed by atoms with Crippen molar-refractivity contribution < 1.29 is 27.1 Å². The molecule has 0 spiro atoms. The molecule has 0 atom stereocenters. The van der Waals surface area contributed by atoms with Crippen molar-refractivity contribution >= 4 is 17.5 Å². The molecule has 0 aliphatic carbocycles. The summed E-state index contributed by atoms with van der Waals surface area (Å²) in [7, 11) is 1.51. The fourth-order valence-electron chi connectivity index (χ4n) is 2.99. The van der Waals surface area contributed by atoms with Crippen molar-refractivity contribution in [2.75, 3.05) is 12.9 Å². The van der Waals surface area contributed by atoms with E-state index in [2.05, 4.69) is 10.2 Å². The Labute approximate surface area is 185 Å². The van der Waals surface area contributed by atoms with Gasteiger partial charge in [0.1, 0.15) is 5.75 Å². The van der Waals surface area contributed by atoms with Crippen LogP contribution in [0.4, 0.5) is 13.2 Å². The van der Waals surface area contributed by atoms with Gasteiger partial charge < -0.3 is 9.15 Å². The minimum atomic E-state index is -4.51. The molecule has 4 rings (SSSR count). The molecule has 10 heteroatoms. The molecule has 32 heavy (non-hydrogen) atoms. The van der Waals surface area contributed by atoms with Crippen molar-refractivity contribution in [2.24, 2.45) is 0 Å². The Balaban J connectivity index is 1.68. The number of Topliss-reactive ketones (excluding diaryl/α,β-unsaturated/α-hetero) is 1. The Morgan fingerprint density at radius 1 is 1.09 bits per heavy atom. The van der Waals surface area contributed by atoms with Crippen LogP contribution >= 0.6 is 11.8 Å². The number of thioether (sulfide) groups is 1. The maximum Gasteiger partial charge on any atom is 0.416 e. The largest absolute Gasteiger partial charge is 0.497 e. The lowest BCUT2D eigenvalue weighted by Crippen LogP contribution is -2.08. The molecule has 0 bridgehead atoms. The molecular weight excluding hydrogens is 443 g/mol. The molecule has 2 aromatic carbocycles. The third kappa shape index (κ3) is 4.54. The molecule has 164 valence electrons. The van der Waals surface area contributed by atoms with E-state index < -0.39 is 11.7 Å². The van der Waals surface area contributed by atoms with Gasteiger partial charge in [0.25, 0.3) is 0 Å². The zero-order valence-electron chi connectivity index (χ0n) is 16.7. The van der Waals surface area contributed by atoms with Gasteiger partial charge in [0.05, 0.1) is 30.4 Å². The zero-order valence-corrected chi connectivity index (χ0v) is 17.5. The highest BCUT2D eigenvalue weighted by atomic mass is 32.2. The minimum absolute atomic E-state index is 0.00240. The molecule has 0 saturated carbocycles. The number of hydrogen-bond acceptors (Lipinski definition) is 6. The van der Waals surface area contributed by atoms with E-state index in [-0.39, 0.29) is 28.2 Å². The first-order chi connectivity index (χ1) is 15.4. The van der Waals surface area contributed by atoms with Gasteiger partial charge in [0.15, 0.2) is 16.7 Å². The number of carbonyl (C=O) groups is 1. The number of furan rings is 1. The van der Waals surface area contributed by atoms with Crippen LogP contribution in [-0.4, -0.2) is 33.4 Å². The normalized spacial score (nSPS) is 11.5. The number of halogens is 3. The Morgan fingerprint density at radius 3 is 2.62 bits per heavy atom. The van der Waals surface area contributed by atoms with Crippen LogP contribution in [0.15, 0.2) is 76.5 Å². The van der Waals surface area contributed by atoms with Crippen molar-refractivity contribution in [2.45, 2.75) is 11.3 Å².